The van der Waals surface area contributed by atoms with E-state index in [1.54, 1.807) is 6.07 Å². The molecular weight excluding hydrogens is 332 g/mol. The molecule has 0 aromatic heterocycles. The normalized spacial score (nSPS) is 17.9. The Morgan fingerprint density at radius 2 is 1.52 bits per heavy atom. The zero-order chi connectivity index (χ0) is 17.2. The summed E-state index contributed by atoms with van der Waals surface area (Å²) < 4.78 is 6.18. The van der Waals surface area contributed by atoms with Crippen molar-refractivity contribution in [3.63, 3.8) is 0 Å². The Hall–Kier alpha value is -2.84. The van der Waals surface area contributed by atoms with E-state index in [1.165, 1.54) is 0 Å². The van der Waals surface area contributed by atoms with E-state index < -0.39 is 6.10 Å². The molecule has 0 saturated carbocycles. The summed E-state index contributed by atoms with van der Waals surface area (Å²) in [6.07, 6.45) is 1.37. The fourth-order valence-electron chi connectivity index (χ4n) is 3.00. The number of ketones is 1. The minimum atomic E-state index is -0.458. The molecule has 0 amide bonds. The van der Waals surface area contributed by atoms with Gasteiger partial charge in [0.25, 0.3) is 0 Å². The van der Waals surface area contributed by atoms with Crippen LogP contribution in [0.5, 0.6) is 5.75 Å². The van der Waals surface area contributed by atoms with E-state index in [2.05, 4.69) is 0 Å². The summed E-state index contributed by atoms with van der Waals surface area (Å²) in [6, 6.07) is 24.6. The molecule has 0 saturated heterocycles. The summed E-state index contributed by atoms with van der Waals surface area (Å²) in [7, 11) is 0. The fraction of sp³-hybridized carbons (Fsp3) is 0.0455. The van der Waals surface area contributed by atoms with Crippen molar-refractivity contribution < 1.29 is 9.53 Å². The van der Waals surface area contributed by atoms with Gasteiger partial charge in [0.15, 0.2) is 11.9 Å². The molecule has 0 bridgehead atoms. The van der Waals surface area contributed by atoms with Crippen molar-refractivity contribution in [2.75, 3.05) is 0 Å². The smallest absolute Gasteiger partial charge is 0.196 e. The second-order valence-electron chi connectivity index (χ2n) is 5.86. The first-order valence-electron chi connectivity index (χ1n) is 8.05. The number of carbonyl (C=O) groups excluding carboxylic acids is 1. The predicted octanol–water partition coefficient (Wildman–Crippen LogP) is 5.74. The number of halogens is 1. The molecule has 25 heavy (non-hydrogen) atoms. The number of rotatable bonds is 2. The first-order valence-corrected chi connectivity index (χ1v) is 8.43. The first kappa shape index (κ1) is 15.7. The maximum absolute atomic E-state index is 13.1. The van der Waals surface area contributed by atoms with E-state index in [4.69, 9.17) is 16.3 Å². The summed E-state index contributed by atoms with van der Waals surface area (Å²) in [5.41, 5.74) is 2.89. The molecule has 3 heteroatoms. The molecular formula is C22H15ClO2. The summed E-state index contributed by atoms with van der Waals surface area (Å²) in [5.74, 6) is 0.577. The molecule has 0 fully saturated rings. The number of benzene rings is 3. The highest BCUT2D eigenvalue weighted by atomic mass is 35.5. The van der Waals surface area contributed by atoms with Gasteiger partial charge in [-0.2, -0.15) is 0 Å². The van der Waals surface area contributed by atoms with Crippen LogP contribution < -0.4 is 4.74 Å². The Kier molecular flexibility index (Phi) is 4.12. The predicted molar refractivity (Wildman–Crippen MR) is 100 cm³/mol. The molecule has 0 radical (unpaired) electrons. The molecule has 122 valence electrons. The Morgan fingerprint density at radius 3 is 2.32 bits per heavy atom. The van der Waals surface area contributed by atoms with Gasteiger partial charge in [-0.3, -0.25) is 4.79 Å². The van der Waals surface area contributed by atoms with Crippen molar-refractivity contribution >= 4 is 23.5 Å². The van der Waals surface area contributed by atoms with E-state index in [0.29, 0.717) is 21.9 Å². The van der Waals surface area contributed by atoms with Crippen LogP contribution in [0, 0.1) is 0 Å². The average molecular weight is 347 g/mol. The lowest BCUT2D eigenvalue weighted by Gasteiger charge is -2.28. The second kappa shape index (κ2) is 6.58. The lowest BCUT2D eigenvalue weighted by Crippen LogP contribution is -2.23. The molecule has 1 unspecified atom stereocenters. The van der Waals surface area contributed by atoms with Gasteiger partial charge in [-0.15, -0.1) is 0 Å². The number of ether oxygens (including phenoxy) is 1. The van der Waals surface area contributed by atoms with Crippen LogP contribution in [0.15, 0.2) is 84.4 Å². The second-order valence-corrected chi connectivity index (χ2v) is 6.26. The van der Waals surface area contributed by atoms with Crippen LogP contribution in [0.1, 0.15) is 27.6 Å². The van der Waals surface area contributed by atoms with Gasteiger partial charge in [0.2, 0.25) is 0 Å². The number of hydrogen-bond acceptors (Lipinski definition) is 2. The Balaban J connectivity index is 1.89. The molecule has 1 aliphatic heterocycles. The zero-order valence-corrected chi connectivity index (χ0v) is 14.1. The number of para-hydroxylation sites is 1. The topological polar surface area (TPSA) is 26.3 Å². The van der Waals surface area contributed by atoms with Crippen molar-refractivity contribution in [1.29, 1.82) is 0 Å². The first-order chi connectivity index (χ1) is 12.2. The third-order valence-corrected chi connectivity index (χ3v) is 4.58. The lowest BCUT2D eigenvalue weighted by atomic mass is 9.89. The minimum absolute atomic E-state index is 0.0318. The van der Waals surface area contributed by atoms with E-state index in [-0.39, 0.29) is 5.78 Å². The standard InChI is InChI=1S/C22H15ClO2/c23-19-12-6-4-10-16(19)14-18-21(24)17-11-5-7-13-20(17)25-22(18)15-8-2-1-3-9-15/h1-14,22H/b18-14-. The van der Waals surface area contributed by atoms with Gasteiger partial charge in [0.05, 0.1) is 5.56 Å². The van der Waals surface area contributed by atoms with Crippen LogP contribution in [0.3, 0.4) is 0 Å². The van der Waals surface area contributed by atoms with Crippen molar-refractivity contribution in [3.8, 4) is 5.75 Å². The van der Waals surface area contributed by atoms with E-state index >= 15 is 0 Å². The van der Waals surface area contributed by atoms with Crippen LogP contribution in [0.2, 0.25) is 5.02 Å². The molecule has 1 aliphatic rings. The van der Waals surface area contributed by atoms with Crippen molar-refractivity contribution in [3.05, 3.63) is 106 Å². The summed E-state index contributed by atoms with van der Waals surface area (Å²) in [6.45, 7) is 0. The number of Topliss-reactive ketones (excluding diaryl/α,β-unsaturated/α-hetero) is 1. The summed E-state index contributed by atoms with van der Waals surface area (Å²) in [5, 5.41) is 0.605. The number of fused-ring (bicyclic) bond motifs is 1. The molecule has 2 nitrogen and oxygen atoms in total. The lowest BCUT2D eigenvalue weighted by molar-refractivity contribution is 0.0963. The Labute approximate surface area is 151 Å². The van der Waals surface area contributed by atoms with Gasteiger partial charge in [-0.25, -0.2) is 0 Å². The van der Waals surface area contributed by atoms with Crippen molar-refractivity contribution in [2.24, 2.45) is 0 Å². The van der Waals surface area contributed by atoms with Crippen LogP contribution >= 0.6 is 11.6 Å². The van der Waals surface area contributed by atoms with Gasteiger partial charge in [-0.05, 0) is 35.4 Å². The van der Waals surface area contributed by atoms with E-state index in [1.807, 2.05) is 78.9 Å². The summed E-state index contributed by atoms with van der Waals surface area (Å²) in [4.78, 5) is 13.1. The van der Waals surface area contributed by atoms with E-state index in [0.717, 1.165) is 11.1 Å². The maximum atomic E-state index is 13.1. The quantitative estimate of drug-likeness (QED) is 0.553. The molecule has 0 aliphatic carbocycles. The zero-order valence-electron chi connectivity index (χ0n) is 13.4. The molecule has 1 heterocycles. The molecule has 0 spiro atoms. The minimum Gasteiger partial charge on any atom is -0.480 e. The summed E-state index contributed by atoms with van der Waals surface area (Å²) >= 11 is 6.29. The highest BCUT2D eigenvalue weighted by Gasteiger charge is 2.32. The van der Waals surface area contributed by atoms with Crippen molar-refractivity contribution in [1.82, 2.24) is 0 Å². The fourth-order valence-corrected chi connectivity index (χ4v) is 3.19. The van der Waals surface area contributed by atoms with E-state index in [9.17, 15) is 4.79 Å². The van der Waals surface area contributed by atoms with Gasteiger partial charge in [0.1, 0.15) is 5.75 Å². The van der Waals surface area contributed by atoms with Crippen LogP contribution in [-0.4, -0.2) is 5.78 Å². The molecule has 1 atom stereocenters. The van der Waals surface area contributed by atoms with Gasteiger partial charge in [0, 0.05) is 10.6 Å². The number of carbonyl (C=O) groups is 1. The monoisotopic (exact) mass is 346 g/mol. The van der Waals surface area contributed by atoms with Crippen molar-refractivity contribution in [2.45, 2.75) is 6.10 Å². The van der Waals surface area contributed by atoms with Gasteiger partial charge in [-0.1, -0.05) is 72.3 Å². The van der Waals surface area contributed by atoms with Crippen LogP contribution in [0.4, 0.5) is 0 Å². The third kappa shape index (κ3) is 2.97. The average Bonchev–Trinajstić information content (AvgIpc) is 2.66. The third-order valence-electron chi connectivity index (χ3n) is 4.24. The maximum Gasteiger partial charge on any atom is 0.196 e. The number of hydrogen-bond donors (Lipinski definition) is 0. The highest BCUT2D eigenvalue weighted by molar-refractivity contribution is 6.32. The molecule has 3 aromatic rings. The Bertz CT molecular complexity index is 961. The molecule has 4 rings (SSSR count). The Morgan fingerprint density at radius 1 is 0.840 bits per heavy atom. The highest BCUT2D eigenvalue weighted by Crippen LogP contribution is 2.39. The van der Waals surface area contributed by atoms with Crippen LogP contribution in [0.25, 0.3) is 6.08 Å². The largest absolute Gasteiger partial charge is 0.480 e. The molecule has 0 N–H and O–H groups in total. The van der Waals surface area contributed by atoms with Crippen LogP contribution in [-0.2, 0) is 0 Å². The SMILES string of the molecule is O=C1/C(=C/c2ccccc2Cl)C(c2ccccc2)Oc2ccccc21. The van der Waals surface area contributed by atoms with Gasteiger partial charge < -0.3 is 4.74 Å². The van der Waals surface area contributed by atoms with Gasteiger partial charge >= 0.3 is 0 Å². The molecule has 3 aromatic carbocycles.